The first-order valence-electron chi connectivity index (χ1n) is 6.57. The molecule has 0 amide bonds. The van der Waals surface area contributed by atoms with Crippen molar-refractivity contribution in [3.8, 4) is 11.9 Å². The smallest absolute Gasteiger partial charge is 0.234 e. The molecule has 1 aromatic carbocycles. The summed E-state index contributed by atoms with van der Waals surface area (Å²) in [5.74, 6) is 0.364. The van der Waals surface area contributed by atoms with Crippen LogP contribution in [0.1, 0.15) is 26.3 Å². The van der Waals surface area contributed by atoms with E-state index in [1.807, 2.05) is 24.3 Å². The van der Waals surface area contributed by atoms with Gasteiger partial charge in [-0.05, 0) is 11.5 Å². The largest absolute Gasteiger partial charge is 0.480 e. The molecule has 4 nitrogen and oxygen atoms in total. The summed E-state index contributed by atoms with van der Waals surface area (Å²) in [4.78, 5) is 4.38. The maximum Gasteiger partial charge on any atom is 0.234 e. The van der Waals surface area contributed by atoms with E-state index in [-0.39, 0.29) is 5.41 Å². The average molecular weight is 269 g/mol. The highest BCUT2D eigenvalue weighted by Crippen LogP contribution is 2.32. The van der Waals surface area contributed by atoms with Gasteiger partial charge in [0.15, 0.2) is 0 Å². The van der Waals surface area contributed by atoms with E-state index in [0.29, 0.717) is 11.4 Å². The van der Waals surface area contributed by atoms with E-state index in [4.69, 9.17) is 4.74 Å². The molecule has 0 fully saturated rings. The lowest BCUT2D eigenvalue weighted by Gasteiger charge is -2.21. The molecule has 1 heterocycles. The van der Waals surface area contributed by atoms with E-state index >= 15 is 0 Å². The van der Waals surface area contributed by atoms with Crippen LogP contribution in [0.25, 0.3) is 10.9 Å². The third kappa shape index (κ3) is 2.83. The number of hydrogen-bond donors (Lipinski definition) is 1. The molecule has 4 heteroatoms. The topological polar surface area (TPSA) is 57.9 Å². The van der Waals surface area contributed by atoms with Crippen molar-refractivity contribution in [1.29, 1.82) is 5.26 Å². The minimum absolute atomic E-state index is 0.115. The lowest BCUT2D eigenvalue weighted by Crippen LogP contribution is -2.20. The van der Waals surface area contributed by atoms with Gasteiger partial charge in [-0.1, -0.05) is 39.0 Å². The summed E-state index contributed by atoms with van der Waals surface area (Å²) >= 11 is 0. The van der Waals surface area contributed by atoms with E-state index in [9.17, 15) is 5.26 Å². The van der Waals surface area contributed by atoms with Crippen LogP contribution in [-0.4, -0.2) is 18.6 Å². The average Bonchev–Trinajstić information content (AvgIpc) is 2.42. The number of aromatic nitrogens is 1. The molecule has 0 saturated heterocycles. The van der Waals surface area contributed by atoms with Crippen molar-refractivity contribution in [2.24, 2.45) is 5.41 Å². The fourth-order valence-corrected chi connectivity index (χ4v) is 1.98. The Kier molecular flexibility index (Phi) is 3.80. The molecule has 0 atom stereocenters. The predicted molar refractivity (Wildman–Crippen MR) is 81.0 cm³/mol. The second kappa shape index (κ2) is 5.38. The summed E-state index contributed by atoms with van der Waals surface area (Å²) in [6.07, 6.45) is 0. The number of hydrogen-bond acceptors (Lipinski definition) is 4. The summed E-state index contributed by atoms with van der Waals surface area (Å²) < 4.78 is 5.24. The minimum Gasteiger partial charge on any atom is -0.480 e. The number of benzene rings is 1. The molecule has 2 aromatic rings. The fourth-order valence-electron chi connectivity index (χ4n) is 1.98. The Morgan fingerprint density at radius 2 is 2.00 bits per heavy atom. The van der Waals surface area contributed by atoms with Gasteiger partial charge in [0.1, 0.15) is 11.6 Å². The van der Waals surface area contributed by atoms with Gasteiger partial charge in [0.05, 0.1) is 18.3 Å². The molecule has 0 bridgehead atoms. The maximum atomic E-state index is 9.41. The van der Waals surface area contributed by atoms with Crippen LogP contribution in [0.5, 0.6) is 5.88 Å². The Morgan fingerprint density at radius 3 is 2.60 bits per heavy atom. The number of para-hydroxylation sites is 1. The molecule has 0 unspecified atom stereocenters. The lowest BCUT2D eigenvalue weighted by molar-refractivity contribution is 0.398. The van der Waals surface area contributed by atoms with Crippen LogP contribution in [0.15, 0.2) is 24.3 Å². The van der Waals surface area contributed by atoms with Crippen LogP contribution < -0.4 is 10.1 Å². The number of nitrogens with zero attached hydrogens (tertiary/aromatic N) is 2. The molecule has 0 radical (unpaired) electrons. The summed E-state index contributed by atoms with van der Waals surface area (Å²) in [7, 11) is 1.53. The number of ether oxygens (including phenoxy) is 1. The van der Waals surface area contributed by atoms with Gasteiger partial charge in [0.25, 0.3) is 0 Å². The lowest BCUT2D eigenvalue weighted by atomic mass is 9.96. The van der Waals surface area contributed by atoms with Crippen molar-refractivity contribution in [2.75, 3.05) is 19.0 Å². The first-order valence-corrected chi connectivity index (χ1v) is 6.57. The highest BCUT2D eigenvalue weighted by atomic mass is 16.5. The molecular formula is C16H19N3O. The van der Waals surface area contributed by atoms with Crippen molar-refractivity contribution in [2.45, 2.75) is 20.8 Å². The number of methoxy groups -OCH3 is 1. The van der Waals surface area contributed by atoms with Crippen LogP contribution in [0, 0.1) is 16.7 Å². The van der Waals surface area contributed by atoms with Gasteiger partial charge >= 0.3 is 0 Å². The van der Waals surface area contributed by atoms with Gasteiger partial charge < -0.3 is 10.1 Å². The monoisotopic (exact) mass is 269 g/mol. The first kappa shape index (κ1) is 14.1. The van der Waals surface area contributed by atoms with Crippen LogP contribution in [0.3, 0.4) is 0 Å². The molecule has 0 aliphatic heterocycles. The number of anilines is 1. The Balaban J connectivity index is 2.61. The van der Waals surface area contributed by atoms with Gasteiger partial charge in [-0.2, -0.15) is 5.26 Å². The van der Waals surface area contributed by atoms with Crippen molar-refractivity contribution in [1.82, 2.24) is 4.98 Å². The molecule has 0 spiro atoms. The van der Waals surface area contributed by atoms with Crippen LogP contribution in [0.2, 0.25) is 0 Å². The van der Waals surface area contributed by atoms with E-state index in [0.717, 1.165) is 23.1 Å². The molecule has 0 aliphatic carbocycles. The molecule has 104 valence electrons. The van der Waals surface area contributed by atoms with E-state index < -0.39 is 0 Å². The minimum atomic E-state index is 0.115. The van der Waals surface area contributed by atoms with Gasteiger partial charge in [-0.3, -0.25) is 0 Å². The fraction of sp³-hybridized carbons (Fsp3) is 0.375. The first-order chi connectivity index (χ1) is 9.46. The van der Waals surface area contributed by atoms with Crippen molar-refractivity contribution in [3.05, 3.63) is 29.8 Å². The zero-order chi connectivity index (χ0) is 14.8. The molecule has 2 rings (SSSR count). The molecular weight excluding hydrogens is 250 g/mol. The predicted octanol–water partition coefficient (Wildman–Crippen LogP) is 3.57. The third-order valence-corrected chi connectivity index (χ3v) is 2.96. The number of pyridine rings is 1. The van der Waals surface area contributed by atoms with Crippen molar-refractivity contribution < 1.29 is 4.74 Å². The quantitative estimate of drug-likeness (QED) is 0.925. The highest BCUT2D eigenvalue weighted by Gasteiger charge is 2.17. The second-order valence-corrected chi connectivity index (χ2v) is 5.91. The zero-order valence-corrected chi connectivity index (χ0v) is 12.3. The number of fused-ring (bicyclic) bond motifs is 1. The Morgan fingerprint density at radius 1 is 1.30 bits per heavy atom. The molecule has 1 N–H and O–H groups in total. The molecule has 0 aliphatic rings. The summed E-state index contributed by atoms with van der Waals surface area (Å²) in [5.41, 5.74) is 2.18. The number of nitriles is 1. The zero-order valence-electron chi connectivity index (χ0n) is 12.3. The molecule has 0 saturated carbocycles. The summed E-state index contributed by atoms with van der Waals surface area (Å²) in [6.45, 7) is 7.20. The summed E-state index contributed by atoms with van der Waals surface area (Å²) in [6, 6.07) is 9.95. The molecule has 20 heavy (non-hydrogen) atoms. The van der Waals surface area contributed by atoms with E-state index in [1.54, 1.807) is 0 Å². The third-order valence-electron chi connectivity index (χ3n) is 2.96. The van der Waals surface area contributed by atoms with E-state index in [1.165, 1.54) is 7.11 Å². The number of rotatable bonds is 3. The Hall–Kier alpha value is -2.28. The number of nitrogens with one attached hydrogen (secondary N) is 1. The SMILES string of the molecule is COc1nc2ccccc2c(NCC(C)(C)C)c1C#N. The van der Waals surface area contributed by atoms with Gasteiger partial charge in [-0.15, -0.1) is 0 Å². The van der Waals surface area contributed by atoms with Crippen LogP contribution in [-0.2, 0) is 0 Å². The van der Waals surface area contributed by atoms with Crippen molar-refractivity contribution >= 4 is 16.6 Å². The van der Waals surface area contributed by atoms with Gasteiger partial charge in [0.2, 0.25) is 5.88 Å². The maximum absolute atomic E-state index is 9.41. The Bertz CT molecular complexity index is 666. The van der Waals surface area contributed by atoms with Crippen LogP contribution in [0.4, 0.5) is 5.69 Å². The van der Waals surface area contributed by atoms with Gasteiger partial charge in [-0.25, -0.2) is 4.98 Å². The standard InChI is InChI=1S/C16H19N3O/c1-16(2,3)10-18-14-11-7-5-6-8-13(11)19-15(20-4)12(14)9-17/h5-8H,10H2,1-4H3,(H,18,19). The van der Waals surface area contributed by atoms with Crippen LogP contribution >= 0.6 is 0 Å². The molecule has 1 aromatic heterocycles. The summed E-state index contributed by atoms with van der Waals surface area (Å²) in [5, 5.41) is 13.7. The second-order valence-electron chi connectivity index (χ2n) is 5.91. The van der Waals surface area contributed by atoms with Crippen molar-refractivity contribution in [3.63, 3.8) is 0 Å². The van der Waals surface area contributed by atoms with Gasteiger partial charge in [0, 0.05) is 11.9 Å². The highest BCUT2D eigenvalue weighted by molar-refractivity contribution is 5.95. The normalized spacial score (nSPS) is 11.2. The Labute approximate surface area is 119 Å². The van der Waals surface area contributed by atoms with E-state index in [2.05, 4.69) is 37.1 Å².